The second kappa shape index (κ2) is 7.43. The Morgan fingerprint density at radius 1 is 0.722 bits per heavy atom. The molecule has 2 heterocycles. The van der Waals surface area contributed by atoms with E-state index in [4.69, 9.17) is 9.47 Å². The van der Waals surface area contributed by atoms with Crippen LogP contribution in [0.3, 0.4) is 0 Å². The molecule has 2 fully saturated rings. The Morgan fingerprint density at radius 3 is 1.33 bits per heavy atom. The minimum Gasteiger partial charge on any atom is -0.377 e. The van der Waals surface area contributed by atoms with Gasteiger partial charge in [0.2, 0.25) is 0 Å². The molecule has 106 valence electrons. The van der Waals surface area contributed by atoms with E-state index in [1.807, 2.05) is 14.2 Å². The monoisotopic (exact) mass is 256 g/mol. The summed E-state index contributed by atoms with van der Waals surface area (Å²) in [6.45, 7) is 6.92. The van der Waals surface area contributed by atoms with Crippen LogP contribution in [0.4, 0.5) is 0 Å². The van der Waals surface area contributed by atoms with E-state index in [9.17, 15) is 0 Å². The zero-order chi connectivity index (χ0) is 12.8. The first kappa shape index (κ1) is 14.3. The van der Waals surface area contributed by atoms with E-state index in [-0.39, 0.29) is 12.2 Å². The average Bonchev–Trinajstić information content (AvgIpc) is 3.06. The standard InChI is InChI=1S/C14H28N2O2/c1-17-13(11-15-7-3-4-8-15)14(18-2)12-16-9-5-6-10-16/h13-14H,3-12H2,1-2H3/t13-,14-/m0/s1. The molecule has 0 radical (unpaired) electrons. The van der Waals surface area contributed by atoms with E-state index >= 15 is 0 Å². The lowest BCUT2D eigenvalue weighted by Crippen LogP contribution is -2.45. The van der Waals surface area contributed by atoms with Crippen molar-refractivity contribution in [1.29, 1.82) is 0 Å². The highest BCUT2D eigenvalue weighted by Crippen LogP contribution is 2.15. The Morgan fingerprint density at radius 2 is 1.06 bits per heavy atom. The summed E-state index contributed by atoms with van der Waals surface area (Å²) in [7, 11) is 3.63. The van der Waals surface area contributed by atoms with Gasteiger partial charge in [0.15, 0.2) is 0 Å². The van der Waals surface area contributed by atoms with Gasteiger partial charge in [-0.1, -0.05) is 0 Å². The number of ether oxygens (including phenoxy) is 2. The van der Waals surface area contributed by atoms with Crippen molar-refractivity contribution in [3.05, 3.63) is 0 Å². The first-order valence-corrected chi connectivity index (χ1v) is 7.34. The molecule has 4 heteroatoms. The second-order valence-corrected chi connectivity index (χ2v) is 5.56. The summed E-state index contributed by atoms with van der Waals surface area (Å²) in [6, 6.07) is 0. The van der Waals surface area contributed by atoms with Gasteiger partial charge in [-0.2, -0.15) is 0 Å². The highest BCUT2D eigenvalue weighted by atomic mass is 16.5. The molecular weight excluding hydrogens is 228 g/mol. The van der Waals surface area contributed by atoms with E-state index in [1.54, 1.807) is 0 Å². The molecule has 2 rings (SSSR count). The minimum atomic E-state index is 0.202. The second-order valence-electron chi connectivity index (χ2n) is 5.56. The van der Waals surface area contributed by atoms with Gasteiger partial charge in [0.05, 0.1) is 12.2 Å². The van der Waals surface area contributed by atoms with Gasteiger partial charge >= 0.3 is 0 Å². The third-order valence-electron chi connectivity index (χ3n) is 4.29. The SMILES string of the molecule is CO[C@@H](CN1CCCC1)[C@H](CN1CCCC1)OC. The molecule has 2 saturated heterocycles. The van der Waals surface area contributed by atoms with Gasteiger partial charge in [0.25, 0.3) is 0 Å². The van der Waals surface area contributed by atoms with Gasteiger partial charge in [-0.15, -0.1) is 0 Å². The lowest BCUT2D eigenvalue weighted by Gasteiger charge is -2.31. The summed E-state index contributed by atoms with van der Waals surface area (Å²) in [5.74, 6) is 0. The summed E-state index contributed by atoms with van der Waals surface area (Å²) < 4.78 is 11.4. The minimum absolute atomic E-state index is 0.202. The smallest absolute Gasteiger partial charge is 0.0971 e. The van der Waals surface area contributed by atoms with Gasteiger partial charge in [0.1, 0.15) is 0 Å². The van der Waals surface area contributed by atoms with Crippen molar-refractivity contribution in [2.75, 3.05) is 53.5 Å². The predicted octanol–water partition coefficient (Wildman–Crippen LogP) is 1.21. The molecule has 0 aromatic rings. The summed E-state index contributed by atoms with van der Waals surface area (Å²) in [6.07, 6.45) is 5.74. The van der Waals surface area contributed by atoms with E-state index in [0.29, 0.717) is 0 Å². The number of hydrogen-bond donors (Lipinski definition) is 0. The average molecular weight is 256 g/mol. The van der Waals surface area contributed by atoms with Crippen LogP contribution < -0.4 is 0 Å². The summed E-state index contributed by atoms with van der Waals surface area (Å²) >= 11 is 0. The van der Waals surface area contributed by atoms with E-state index in [0.717, 1.165) is 13.1 Å². The fraction of sp³-hybridized carbons (Fsp3) is 1.00. The number of hydrogen-bond acceptors (Lipinski definition) is 4. The largest absolute Gasteiger partial charge is 0.377 e. The van der Waals surface area contributed by atoms with E-state index in [2.05, 4.69) is 9.80 Å². The van der Waals surface area contributed by atoms with Crippen molar-refractivity contribution in [1.82, 2.24) is 9.80 Å². The van der Waals surface area contributed by atoms with Crippen LogP contribution in [-0.4, -0.2) is 75.5 Å². The Balaban J connectivity index is 1.81. The number of nitrogens with zero attached hydrogens (tertiary/aromatic N) is 2. The third-order valence-corrected chi connectivity index (χ3v) is 4.29. The highest BCUT2D eigenvalue weighted by molar-refractivity contribution is 4.81. The Hall–Kier alpha value is -0.160. The van der Waals surface area contributed by atoms with Crippen molar-refractivity contribution < 1.29 is 9.47 Å². The summed E-state index contributed by atoms with van der Waals surface area (Å²) in [5, 5.41) is 0. The van der Waals surface area contributed by atoms with Crippen LogP contribution in [0.15, 0.2) is 0 Å². The van der Waals surface area contributed by atoms with Gasteiger partial charge in [-0.25, -0.2) is 0 Å². The van der Waals surface area contributed by atoms with Crippen LogP contribution in [0.5, 0.6) is 0 Å². The predicted molar refractivity (Wildman–Crippen MR) is 72.9 cm³/mol. The van der Waals surface area contributed by atoms with Gasteiger partial charge < -0.3 is 19.3 Å². The number of rotatable bonds is 7. The Kier molecular flexibility index (Phi) is 5.89. The van der Waals surface area contributed by atoms with Crippen molar-refractivity contribution in [3.63, 3.8) is 0 Å². The Bertz CT molecular complexity index is 202. The molecule has 0 bridgehead atoms. The molecule has 0 unspecified atom stereocenters. The topological polar surface area (TPSA) is 24.9 Å². The third kappa shape index (κ3) is 3.92. The maximum atomic E-state index is 5.68. The maximum Gasteiger partial charge on any atom is 0.0971 e. The van der Waals surface area contributed by atoms with Crippen molar-refractivity contribution >= 4 is 0 Å². The van der Waals surface area contributed by atoms with Crippen LogP contribution in [0, 0.1) is 0 Å². The van der Waals surface area contributed by atoms with Gasteiger partial charge in [0, 0.05) is 27.3 Å². The molecule has 0 amide bonds. The molecule has 4 nitrogen and oxygen atoms in total. The molecular formula is C14H28N2O2. The maximum absolute atomic E-state index is 5.68. The van der Waals surface area contributed by atoms with E-state index in [1.165, 1.54) is 51.9 Å². The van der Waals surface area contributed by atoms with Gasteiger partial charge in [-0.3, -0.25) is 0 Å². The number of methoxy groups -OCH3 is 2. The molecule has 0 aliphatic carbocycles. The van der Waals surface area contributed by atoms with Crippen LogP contribution in [-0.2, 0) is 9.47 Å². The quantitative estimate of drug-likeness (QED) is 0.683. The molecule has 0 saturated carbocycles. The van der Waals surface area contributed by atoms with Gasteiger partial charge in [-0.05, 0) is 51.9 Å². The number of likely N-dealkylation sites (tertiary alicyclic amines) is 2. The van der Waals surface area contributed by atoms with Crippen molar-refractivity contribution in [3.8, 4) is 0 Å². The Labute approximate surface area is 111 Å². The highest BCUT2D eigenvalue weighted by Gasteiger charge is 2.27. The normalized spacial score (nSPS) is 25.7. The molecule has 0 spiro atoms. The van der Waals surface area contributed by atoms with Crippen LogP contribution in [0.25, 0.3) is 0 Å². The molecule has 2 aliphatic rings. The molecule has 0 aromatic carbocycles. The van der Waals surface area contributed by atoms with Crippen molar-refractivity contribution in [2.24, 2.45) is 0 Å². The first-order chi connectivity index (χ1) is 8.83. The molecule has 0 N–H and O–H groups in total. The fourth-order valence-electron chi connectivity index (χ4n) is 3.13. The summed E-state index contributed by atoms with van der Waals surface area (Å²) in [5.41, 5.74) is 0. The zero-order valence-corrected chi connectivity index (χ0v) is 11.9. The lowest BCUT2D eigenvalue weighted by atomic mass is 10.1. The summed E-state index contributed by atoms with van der Waals surface area (Å²) in [4.78, 5) is 5.01. The fourth-order valence-corrected chi connectivity index (χ4v) is 3.13. The zero-order valence-electron chi connectivity index (χ0n) is 11.9. The molecule has 2 atom stereocenters. The first-order valence-electron chi connectivity index (χ1n) is 7.34. The lowest BCUT2D eigenvalue weighted by molar-refractivity contribution is -0.0587. The van der Waals surface area contributed by atoms with E-state index < -0.39 is 0 Å². The molecule has 18 heavy (non-hydrogen) atoms. The van der Waals surface area contributed by atoms with Crippen LogP contribution in [0.2, 0.25) is 0 Å². The molecule has 2 aliphatic heterocycles. The molecule has 0 aromatic heterocycles. The van der Waals surface area contributed by atoms with Crippen LogP contribution >= 0.6 is 0 Å². The van der Waals surface area contributed by atoms with Crippen LogP contribution in [0.1, 0.15) is 25.7 Å². The van der Waals surface area contributed by atoms with Crippen molar-refractivity contribution in [2.45, 2.75) is 37.9 Å².